The van der Waals surface area contributed by atoms with Gasteiger partial charge in [-0.05, 0) is 30.5 Å². The summed E-state index contributed by atoms with van der Waals surface area (Å²) in [6.45, 7) is 2.01. The van der Waals surface area contributed by atoms with E-state index in [1.54, 1.807) is 4.57 Å². The van der Waals surface area contributed by atoms with E-state index in [4.69, 9.17) is 17.3 Å². The molecule has 0 aliphatic rings. The van der Waals surface area contributed by atoms with E-state index in [9.17, 15) is 13.2 Å². The predicted octanol–water partition coefficient (Wildman–Crippen LogP) is 4.98. The van der Waals surface area contributed by atoms with Gasteiger partial charge in [-0.2, -0.15) is 13.2 Å². The molecule has 3 rings (SSSR count). The van der Waals surface area contributed by atoms with E-state index in [0.717, 1.165) is 35.2 Å². The average Bonchev–Trinajstić information content (AvgIpc) is 2.92. The van der Waals surface area contributed by atoms with Gasteiger partial charge in [0.1, 0.15) is 0 Å². The number of alkyl halides is 3. The summed E-state index contributed by atoms with van der Waals surface area (Å²) in [4.78, 5) is 3.96. The van der Waals surface area contributed by atoms with Crippen molar-refractivity contribution in [3.8, 4) is 5.82 Å². The van der Waals surface area contributed by atoms with Crippen LogP contribution < -0.4 is 5.73 Å². The van der Waals surface area contributed by atoms with E-state index in [0.29, 0.717) is 6.42 Å². The van der Waals surface area contributed by atoms with Gasteiger partial charge in [0, 0.05) is 23.8 Å². The molecule has 132 valence electrons. The van der Waals surface area contributed by atoms with Crippen molar-refractivity contribution in [1.82, 2.24) is 9.55 Å². The van der Waals surface area contributed by atoms with Crippen molar-refractivity contribution < 1.29 is 13.2 Å². The fourth-order valence-corrected chi connectivity index (χ4v) is 3.04. The Morgan fingerprint density at radius 1 is 1.28 bits per heavy atom. The topological polar surface area (TPSA) is 43.8 Å². The van der Waals surface area contributed by atoms with Gasteiger partial charge in [0.2, 0.25) is 0 Å². The van der Waals surface area contributed by atoms with Gasteiger partial charge in [-0.3, -0.25) is 4.57 Å². The molecule has 0 bridgehead atoms. The standard InChI is InChI=1S/C18H17ClF3N3/c1-2-13(23)7-11-10-25(16-6-4-3-5-14(11)16)17-15(19)8-12(9-24-17)18(20,21)22/h3-6,8-10,13H,2,7,23H2,1H3. The van der Waals surface area contributed by atoms with Gasteiger partial charge in [0.25, 0.3) is 0 Å². The molecule has 2 heterocycles. The molecule has 1 aromatic carbocycles. The zero-order valence-electron chi connectivity index (χ0n) is 13.5. The first-order valence-electron chi connectivity index (χ1n) is 7.89. The Hall–Kier alpha value is -2.05. The average molecular weight is 368 g/mol. The van der Waals surface area contributed by atoms with Gasteiger partial charge in [-0.25, -0.2) is 4.98 Å². The highest BCUT2D eigenvalue weighted by molar-refractivity contribution is 6.32. The Labute approximate surface area is 148 Å². The van der Waals surface area contributed by atoms with E-state index in [2.05, 4.69) is 4.98 Å². The number of nitrogens with two attached hydrogens (primary N) is 1. The van der Waals surface area contributed by atoms with Crippen LogP contribution in [-0.4, -0.2) is 15.6 Å². The molecular weight excluding hydrogens is 351 g/mol. The summed E-state index contributed by atoms with van der Waals surface area (Å²) in [5.41, 5.74) is 7.04. The number of hydrogen-bond acceptors (Lipinski definition) is 2. The van der Waals surface area contributed by atoms with Crippen LogP contribution in [0.2, 0.25) is 5.02 Å². The van der Waals surface area contributed by atoms with Gasteiger partial charge < -0.3 is 5.73 Å². The molecule has 3 nitrogen and oxygen atoms in total. The van der Waals surface area contributed by atoms with Crippen molar-refractivity contribution >= 4 is 22.5 Å². The SMILES string of the molecule is CCC(N)Cc1cn(-c2ncc(C(F)(F)F)cc2Cl)c2ccccc12. The molecule has 0 fully saturated rings. The number of aromatic nitrogens is 2. The number of hydrogen-bond donors (Lipinski definition) is 1. The first-order valence-corrected chi connectivity index (χ1v) is 8.26. The van der Waals surface area contributed by atoms with Crippen molar-refractivity contribution in [1.29, 1.82) is 0 Å². The van der Waals surface area contributed by atoms with Crippen molar-refractivity contribution in [2.75, 3.05) is 0 Å². The number of fused-ring (bicyclic) bond motifs is 1. The molecule has 3 aromatic rings. The van der Waals surface area contributed by atoms with E-state index < -0.39 is 11.7 Å². The quantitative estimate of drug-likeness (QED) is 0.707. The highest BCUT2D eigenvalue weighted by Crippen LogP contribution is 2.33. The highest BCUT2D eigenvalue weighted by atomic mass is 35.5. The van der Waals surface area contributed by atoms with E-state index in [-0.39, 0.29) is 16.9 Å². The summed E-state index contributed by atoms with van der Waals surface area (Å²) in [7, 11) is 0. The van der Waals surface area contributed by atoms with Gasteiger partial charge in [0.15, 0.2) is 5.82 Å². The number of rotatable bonds is 4. The first kappa shape index (κ1) is 17.8. The van der Waals surface area contributed by atoms with Crippen LogP contribution in [0.15, 0.2) is 42.7 Å². The zero-order chi connectivity index (χ0) is 18.2. The smallest absolute Gasteiger partial charge is 0.327 e. The second-order valence-electron chi connectivity index (χ2n) is 5.94. The maximum atomic E-state index is 12.8. The summed E-state index contributed by atoms with van der Waals surface area (Å²) in [5.74, 6) is 0.266. The molecule has 2 aromatic heterocycles. The van der Waals surface area contributed by atoms with Crippen LogP contribution in [0.4, 0.5) is 13.2 Å². The van der Waals surface area contributed by atoms with Crippen LogP contribution in [0.3, 0.4) is 0 Å². The maximum Gasteiger partial charge on any atom is 0.417 e. The zero-order valence-corrected chi connectivity index (χ0v) is 14.3. The van der Waals surface area contributed by atoms with E-state index >= 15 is 0 Å². The minimum absolute atomic E-state index is 0.00953. The van der Waals surface area contributed by atoms with Crippen LogP contribution in [0.5, 0.6) is 0 Å². The third-order valence-corrected chi connectivity index (χ3v) is 4.46. The maximum absolute atomic E-state index is 12.8. The second kappa shape index (κ2) is 6.69. The summed E-state index contributed by atoms with van der Waals surface area (Å²) in [6.07, 6.45) is -0.330. The molecule has 1 atom stereocenters. The first-order chi connectivity index (χ1) is 11.8. The molecule has 2 N–H and O–H groups in total. The van der Waals surface area contributed by atoms with Crippen molar-refractivity contribution in [3.05, 3.63) is 58.9 Å². The third kappa shape index (κ3) is 3.50. The lowest BCUT2D eigenvalue weighted by atomic mass is 10.0. The van der Waals surface area contributed by atoms with Crippen molar-refractivity contribution in [2.24, 2.45) is 5.73 Å². The molecule has 1 unspecified atom stereocenters. The lowest BCUT2D eigenvalue weighted by Gasteiger charge is -2.10. The molecule has 0 spiro atoms. The molecule has 7 heteroatoms. The minimum atomic E-state index is -4.48. The Bertz CT molecular complexity index is 902. The highest BCUT2D eigenvalue weighted by Gasteiger charge is 2.31. The Kier molecular flexibility index (Phi) is 4.75. The normalized spacial score (nSPS) is 13.4. The number of benzene rings is 1. The lowest BCUT2D eigenvalue weighted by Crippen LogP contribution is -2.21. The lowest BCUT2D eigenvalue weighted by molar-refractivity contribution is -0.137. The van der Waals surface area contributed by atoms with Gasteiger partial charge >= 0.3 is 6.18 Å². The van der Waals surface area contributed by atoms with E-state index in [1.807, 2.05) is 37.4 Å². The second-order valence-corrected chi connectivity index (χ2v) is 6.35. The Morgan fingerprint density at radius 3 is 2.64 bits per heavy atom. The number of pyridine rings is 1. The summed E-state index contributed by atoms with van der Waals surface area (Å²) in [6, 6.07) is 8.52. The molecule has 0 amide bonds. The van der Waals surface area contributed by atoms with Crippen LogP contribution in [0, 0.1) is 0 Å². The molecule has 0 radical (unpaired) electrons. The monoisotopic (exact) mass is 367 g/mol. The largest absolute Gasteiger partial charge is 0.417 e. The van der Waals surface area contributed by atoms with Gasteiger partial charge in [0.05, 0.1) is 16.1 Å². The fraction of sp³-hybridized carbons (Fsp3) is 0.278. The van der Waals surface area contributed by atoms with Crippen LogP contribution >= 0.6 is 11.6 Å². The van der Waals surface area contributed by atoms with Crippen molar-refractivity contribution in [3.63, 3.8) is 0 Å². The van der Waals surface area contributed by atoms with Crippen LogP contribution in [0.1, 0.15) is 24.5 Å². The van der Waals surface area contributed by atoms with Gasteiger partial charge in [-0.15, -0.1) is 0 Å². The van der Waals surface area contributed by atoms with Crippen LogP contribution in [-0.2, 0) is 12.6 Å². The number of para-hydroxylation sites is 1. The Morgan fingerprint density at radius 2 is 2.00 bits per heavy atom. The molecule has 0 saturated heterocycles. The van der Waals surface area contributed by atoms with Crippen molar-refractivity contribution in [2.45, 2.75) is 32.0 Å². The molecule has 0 aliphatic carbocycles. The predicted molar refractivity (Wildman–Crippen MR) is 93.1 cm³/mol. The fourth-order valence-electron chi connectivity index (χ4n) is 2.78. The molecule has 0 aliphatic heterocycles. The summed E-state index contributed by atoms with van der Waals surface area (Å²) < 4.78 is 40.2. The summed E-state index contributed by atoms with van der Waals surface area (Å²) in [5, 5.41) is 0.936. The molecule has 0 saturated carbocycles. The Balaban J connectivity index is 2.13. The number of halogens is 4. The number of nitrogens with zero attached hydrogens (tertiary/aromatic N) is 2. The van der Waals surface area contributed by atoms with Crippen LogP contribution in [0.25, 0.3) is 16.7 Å². The van der Waals surface area contributed by atoms with Gasteiger partial charge in [-0.1, -0.05) is 36.7 Å². The third-order valence-electron chi connectivity index (χ3n) is 4.18. The molecule has 25 heavy (non-hydrogen) atoms. The molecular formula is C18H17ClF3N3. The van der Waals surface area contributed by atoms with E-state index in [1.165, 1.54) is 0 Å². The minimum Gasteiger partial charge on any atom is -0.327 e. The summed E-state index contributed by atoms with van der Waals surface area (Å²) >= 11 is 6.10.